The second-order valence-electron chi connectivity index (χ2n) is 8.15. The van der Waals surface area contributed by atoms with E-state index in [4.69, 9.17) is 0 Å². The molecular formula is C24H29N3OS2. The number of anilines is 1. The van der Waals surface area contributed by atoms with Gasteiger partial charge in [0.15, 0.2) is 4.34 Å². The largest absolute Gasteiger partial charge is 0.300 e. The van der Waals surface area contributed by atoms with E-state index < -0.39 is 0 Å². The molecule has 4 rings (SSSR count). The van der Waals surface area contributed by atoms with Crippen molar-refractivity contribution in [2.45, 2.75) is 62.0 Å². The summed E-state index contributed by atoms with van der Waals surface area (Å²) in [4.78, 5) is 12.6. The van der Waals surface area contributed by atoms with Crippen LogP contribution < -0.4 is 5.32 Å². The lowest BCUT2D eigenvalue weighted by atomic mass is 9.79. The molecule has 1 aliphatic rings. The molecule has 1 saturated carbocycles. The molecule has 0 atom stereocenters. The Morgan fingerprint density at radius 3 is 2.73 bits per heavy atom. The summed E-state index contributed by atoms with van der Waals surface area (Å²) in [5.74, 6) is 1.89. The lowest BCUT2D eigenvalue weighted by molar-refractivity contribution is -0.121. The Labute approximate surface area is 186 Å². The van der Waals surface area contributed by atoms with Gasteiger partial charge in [0.25, 0.3) is 0 Å². The highest BCUT2D eigenvalue weighted by atomic mass is 32.2. The van der Waals surface area contributed by atoms with Gasteiger partial charge < -0.3 is 5.32 Å². The van der Waals surface area contributed by atoms with Gasteiger partial charge in [-0.1, -0.05) is 91.7 Å². The van der Waals surface area contributed by atoms with Crippen molar-refractivity contribution in [1.82, 2.24) is 10.2 Å². The first kappa shape index (κ1) is 21.3. The average Bonchev–Trinajstić information content (AvgIpc) is 3.23. The molecule has 0 aliphatic heterocycles. The van der Waals surface area contributed by atoms with Crippen LogP contribution in [0.2, 0.25) is 0 Å². The summed E-state index contributed by atoms with van der Waals surface area (Å²) in [6.45, 7) is 2.25. The third-order valence-electron chi connectivity index (χ3n) is 6.05. The number of hydrogen-bond acceptors (Lipinski definition) is 5. The van der Waals surface area contributed by atoms with E-state index in [1.807, 2.05) is 0 Å². The zero-order valence-corrected chi connectivity index (χ0v) is 19.1. The Morgan fingerprint density at radius 2 is 1.90 bits per heavy atom. The third kappa shape index (κ3) is 5.41. The zero-order chi connectivity index (χ0) is 20.8. The fraction of sp³-hybridized carbons (Fsp3) is 0.458. The number of unbranched alkanes of at least 4 members (excludes halogenated alkanes) is 1. The predicted octanol–water partition coefficient (Wildman–Crippen LogP) is 6.92. The molecule has 1 N–H and O–H groups in total. The monoisotopic (exact) mass is 439 g/mol. The van der Waals surface area contributed by atoms with Gasteiger partial charge in [-0.15, -0.1) is 10.2 Å². The Hall–Kier alpha value is -1.92. The second kappa shape index (κ2) is 10.4. The standard InChI is InChI=1S/C24H29N3OS2/c1-2-3-7-17-12-14-19(15-13-17)22(28)25-23-26-27-24(30-23)29-16-20-10-6-9-18-8-4-5-11-21(18)20/h4-6,8-11,17,19H,2-3,7,12-16H2,1H3,(H,25,26,28). The van der Waals surface area contributed by atoms with Crippen molar-refractivity contribution in [3.05, 3.63) is 48.0 Å². The van der Waals surface area contributed by atoms with E-state index in [0.29, 0.717) is 5.13 Å². The highest BCUT2D eigenvalue weighted by Gasteiger charge is 2.26. The van der Waals surface area contributed by atoms with Crippen molar-refractivity contribution in [3.8, 4) is 0 Å². The SMILES string of the molecule is CCCCC1CCC(C(=O)Nc2nnc(SCc3cccc4ccccc34)s2)CC1. The van der Waals surface area contributed by atoms with Crippen LogP contribution in [0.15, 0.2) is 46.8 Å². The fourth-order valence-electron chi connectivity index (χ4n) is 4.29. The van der Waals surface area contributed by atoms with Gasteiger partial charge in [-0.25, -0.2) is 0 Å². The smallest absolute Gasteiger partial charge is 0.229 e. The fourth-order valence-corrected chi connectivity index (χ4v) is 6.05. The Kier molecular flexibility index (Phi) is 7.39. The van der Waals surface area contributed by atoms with E-state index in [1.54, 1.807) is 11.8 Å². The summed E-state index contributed by atoms with van der Waals surface area (Å²) in [5, 5.41) is 14.6. The maximum absolute atomic E-state index is 12.6. The van der Waals surface area contributed by atoms with E-state index in [-0.39, 0.29) is 11.8 Å². The van der Waals surface area contributed by atoms with Crippen LogP contribution in [0.5, 0.6) is 0 Å². The molecule has 3 aromatic rings. The first-order valence-electron chi connectivity index (χ1n) is 11.0. The summed E-state index contributed by atoms with van der Waals surface area (Å²) in [5.41, 5.74) is 1.29. The van der Waals surface area contributed by atoms with Gasteiger partial charge in [0.05, 0.1) is 0 Å². The maximum atomic E-state index is 12.6. The van der Waals surface area contributed by atoms with E-state index in [1.165, 1.54) is 59.8 Å². The minimum atomic E-state index is 0.116. The van der Waals surface area contributed by atoms with Gasteiger partial charge in [0.1, 0.15) is 0 Å². The number of hydrogen-bond donors (Lipinski definition) is 1. The van der Waals surface area contributed by atoms with E-state index in [0.717, 1.165) is 28.9 Å². The van der Waals surface area contributed by atoms with Crippen molar-refractivity contribution in [2.24, 2.45) is 11.8 Å². The number of aromatic nitrogens is 2. The van der Waals surface area contributed by atoms with Crippen molar-refractivity contribution >= 4 is 44.9 Å². The first-order valence-corrected chi connectivity index (χ1v) is 12.8. The molecule has 0 unspecified atom stereocenters. The molecule has 30 heavy (non-hydrogen) atoms. The van der Waals surface area contributed by atoms with Gasteiger partial charge in [-0.3, -0.25) is 4.79 Å². The second-order valence-corrected chi connectivity index (χ2v) is 10.3. The number of thioether (sulfide) groups is 1. The van der Waals surface area contributed by atoms with Crippen LogP contribution in [-0.2, 0) is 10.5 Å². The van der Waals surface area contributed by atoms with Crippen molar-refractivity contribution in [3.63, 3.8) is 0 Å². The van der Waals surface area contributed by atoms with Crippen LogP contribution in [0, 0.1) is 11.8 Å². The van der Waals surface area contributed by atoms with E-state index in [9.17, 15) is 4.79 Å². The lowest BCUT2D eigenvalue weighted by Crippen LogP contribution is -2.27. The number of carbonyl (C=O) groups is 1. The van der Waals surface area contributed by atoms with Gasteiger partial charge >= 0.3 is 0 Å². The minimum absolute atomic E-state index is 0.116. The topological polar surface area (TPSA) is 54.9 Å². The van der Waals surface area contributed by atoms with Crippen LogP contribution in [-0.4, -0.2) is 16.1 Å². The zero-order valence-electron chi connectivity index (χ0n) is 17.5. The predicted molar refractivity (Wildman–Crippen MR) is 127 cm³/mol. The Bertz CT molecular complexity index is 974. The summed E-state index contributed by atoms with van der Waals surface area (Å²) in [6.07, 6.45) is 8.26. The average molecular weight is 440 g/mol. The van der Waals surface area contributed by atoms with E-state index >= 15 is 0 Å². The maximum Gasteiger partial charge on any atom is 0.229 e. The molecule has 158 valence electrons. The molecule has 2 aromatic carbocycles. The molecule has 0 spiro atoms. The third-order valence-corrected chi connectivity index (χ3v) is 8.07. The molecule has 1 aromatic heterocycles. The van der Waals surface area contributed by atoms with Crippen molar-refractivity contribution in [1.29, 1.82) is 0 Å². The van der Waals surface area contributed by atoms with Crippen LogP contribution in [0.4, 0.5) is 5.13 Å². The molecule has 6 heteroatoms. The number of amides is 1. The highest BCUT2D eigenvalue weighted by molar-refractivity contribution is 8.00. The molecule has 0 bridgehead atoms. The van der Waals surface area contributed by atoms with Crippen molar-refractivity contribution < 1.29 is 4.79 Å². The van der Waals surface area contributed by atoms with Gasteiger partial charge in [-0.2, -0.15) is 0 Å². The quantitative estimate of drug-likeness (QED) is 0.306. The molecule has 1 fully saturated rings. The first-order chi connectivity index (χ1) is 14.7. The number of nitrogens with zero attached hydrogens (tertiary/aromatic N) is 2. The van der Waals surface area contributed by atoms with Crippen molar-refractivity contribution in [2.75, 3.05) is 5.32 Å². The number of rotatable bonds is 8. The molecule has 1 heterocycles. The van der Waals surface area contributed by atoms with Crippen LogP contribution in [0.3, 0.4) is 0 Å². The van der Waals surface area contributed by atoms with Gasteiger partial charge in [-0.05, 0) is 47.9 Å². The Balaban J connectivity index is 1.28. The van der Waals surface area contributed by atoms with Gasteiger partial charge in [0, 0.05) is 11.7 Å². The van der Waals surface area contributed by atoms with Crippen LogP contribution in [0.25, 0.3) is 10.8 Å². The number of fused-ring (bicyclic) bond motifs is 1. The van der Waals surface area contributed by atoms with Gasteiger partial charge in [0.2, 0.25) is 11.0 Å². The molecule has 0 saturated heterocycles. The normalized spacial score (nSPS) is 19.1. The summed E-state index contributed by atoms with van der Waals surface area (Å²) >= 11 is 3.14. The minimum Gasteiger partial charge on any atom is -0.300 e. The van der Waals surface area contributed by atoms with E-state index in [2.05, 4.69) is 64.9 Å². The molecule has 1 amide bonds. The summed E-state index contributed by atoms with van der Waals surface area (Å²) in [6, 6.07) is 14.8. The number of carbonyl (C=O) groups excluding carboxylic acids is 1. The number of benzene rings is 2. The summed E-state index contributed by atoms with van der Waals surface area (Å²) in [7, 11) is 0. The molecular weight excluding hydrogens is 410 g/mol. The molecule has 1 aliphatic carbocycles. The molecule has 4 nitrogen and oxygen atoms in total. The number of nitrogens with one attached hydrogen (secondary N) is 1. The highest BCUT2D eigenvalue weighted by Crippen LogP contribution is 2.34. The van der Waals surface area contributed by atoms with Crippen LogP contribution in [0.1, 0.15) is 57.4 Å². The molecule has 0 radical (unpaired) electrons. The summed E-state index contributed by atoms with van der Waals surface area (Å²) < 4.78 is 0.890. The Morgan fingerprint density at radius 1 is 1.10 bits per heavy atom. The van der Waals surface area contributed by atoms with Crippen LogP contribution >= 0.6 is 23.1 Å². The lowest BCUT2D eigenvalue weighted by Gasteiger charge is -2.27.